The molecule has 2 aromatic heterocycles. The van der Waals surface area contributed by atoms with Crippen LogP contribution in [0.3, 0.4) is 0 Å². The van der Waals surface area contributed by atoms with Gasteiger partial charge in [0, 0.05) is 23.4 Å². The number of aromatic nitrogens is 3. The molecule has 0 radical (unpaired) electrons. The van der Waals surface area contributed by atoms with E-state index >= 15 is 0 Å². The van der Waals surface area contributed by atoms with Crippen LogP contribution in [0.1, 0.15) is 68.7 Å². The van der Waals surface area contributed by atoms with Crippen LogP contribution in [0.5, 0.6) is 0 Å². The molecule has 2 aliphatic rings. The zero-order valence-corrected chi connectivity index (χ0v) is 20.8. The fourth-order valence-electron chi connectivity index (χ4n) is 5.29. The monoisotopic (exact) mass is 489 g/mol. The number of hydrogen-bond acceptors (Lipinski definition) is 3. The molecule has 0 unspecified atom stereocenters. The Kier molecular flexibility index (Phi) is 6.20. The minimum absolute atomic E-state index is 0.118. The minimum Gasteiger partial charge on any atom is -0.294 e. The summed E-state index contributed by atoms with van der Waals surface area (Å²) < 4.78 is 16.5. The van der Waals surface area contributed by atoms with Crippen molar-refractivity contribution in [3.63, 3.8) is 0 Å². The standard InChI is InChI=1S/C28H29FN4O3/c1-17(2)24-22(27(35)33(30-24)21-13-11-19(29)12-14-21)23-25(31-15-7-8-18(3)16-31)28(36)32(26(23)34)20-9-5-4-6-10-20/h7-8,11-17,20H,4-6,9-10H2,1-3H3/p+1. The number of halogens is 1. The van der Waals surface area contributed by atoms with Crippen LogP contribution in [0.15, 0.2) is 53.6 Å². The van der Waals surface area contributed by atoms with Crippen LogP contribution in [0.4, 0.5) is 4.39 Å². The lowest BCUT2D eigenvalue weighted by Crippen LogP contribution is -2.45. The van der Waals surface area contributed by atoms with Crippen LogP contribution >= 0.6 is 0 Å². The number of hydrogen-bond donors (Lipinski definition) is 1. The normalized spacial score (nSPS) is 17.1. The molecular formula is C28H30FN4O3+. The number of aryl methyl sites for hydroxylation is 1. The minimum atomic E-state index is -0.447. The number of amides is 2. The van der Waals surface area contributed by atoms with Gasteiger partial charge in [-0.25, -0.2) is 9.07 Å². The molecule has 3 aromatic rings. The second kappa shape index (κ2) is 9.33. The second-order valence-electron chi connectivity index (χ2n) is 9.96. The molecule has 0 bridgehead atoms. The number of carbonyl (C=O) groups is 2. The van der Waals surface area contributed by atoms with E-state index in [4.69, 9.17) is 0 Å². The van der Waals surface area contributed by atoms with Crippen LogP contribution in [0, 0.1) is 12.7 Å². The van der Waals surface area contributed by atoms with Gasteiger partial charge >= 0.3 is 5.91 Å². The Balaban J connectivity index is 1.76. The summed E-state index contributed by atoms with van der Waals surface area (Å²) in [6.07, 6.45) is 8.07. The SMILES string of the molecule is Cc1ccc[n+](C2=C(c3c(C(C)C)[nH]n(-c4ccc(F)cc4)c3=O)C(=O)N(C3CCCCC3)C2=O)c1. The Morgan fingerprint density at radius 3 is 2.33 bits per heavy atom. The third-order valence-electron chi connectivity index (χ3n) is 7.07. The van der Waals surface area contributed by atoms with E-state index in [0.29, 0.717) is 11.4 Å². The van der Waals surface area contributed by atoms with Gasteiger partial charge in [-0.3, -0.25) is 24.4 Å². The Labute approximate surface area is 208 Å². The van der Waals surface area contributed by atoms with Gasteiger partial charge in [0.25, 0.3) is 17.2 Å². The maximum absolute atomic E-state index is 14.0. The molecule has 8 heteroatoms. The lowest BCUT2D eigenvalue weighted by atomic mass is 9.94. The molecule has 0 atom stereocenters. The number of nitrogens with one attached hydrogen (secondary N) is 1. The summed E-state index contributed by atoms with van der Waals surface area (Å²) in [5, 5.41) is 3.13. The maximum Gasteiger partial charge on any atom is 0.327 e. The first-order chi connectivity index (χ1) is 17.3. The van der Waals surface area contributed by atoms with Gasteiger partial charge in [-0.1, -0.05) is 33.1 Å². The van der Waals surface area contributed by atoms with Crippen LogP contribution < -0.4 is 10.1 Å². The molecule has 0 saturated heterocycles. The highest BCUT2D eigenvalue weighted by molar-refractivity contribution is 6.44. The largest absolute Gasteiger partial charge is 0.327 e. The summed E-state index contributed by atoms with van der Waals surface area (Å²) >= 11 is 0. The number of pyridine rings is 1. The molecule has 1 aromatic carbocycles. The van der Waals surface area contributed by atoms with Gasteiger partial charge in [0.2, 0.25) is 0 Å². The molecule has 1 N–H and O–H groups in total. The number of nitrogens with zero attached hydrogens (tertiary/aromatic N) is 3. The van der Waals surface area contributed by atoms with E-state index in [0.717, 1.165) is 37.7 Å². The Hall–Kier alpha value is -3.81. The Bertz CT molecular complexity index is 1430. The fourth-order valence-corrected chi connectivity index (χ4v) is 5.29. The molecule has 7 nitrogen and oxygen atoms in total. The average Bonchev–Trinajstić information content (AvgIpc) is 3.33. The van der Waals surface area contributed by atoms with E-state index in [1.807, 2.05) is 32.9 Å². The topological polar surface area (TPSA) is 79.1 Å². The van der Waals surface area contributed by atoms with Gasteiger partial charge in [-0.15, -0.1) is 0 Å². The third kappa shape index (κ3) is 4.00. The molecule has 36 heavy (non-hydrogen) atoms. The third-order valence-corrected chi connectivity index (χ3v) is 7.07. The van der Waals surface area contributed by atoms with E-state index in [-0.39, 0.29) is 34.7 Å². The van der Waals surface area contributed by atoms with Crippen molar-refractivity contribution < 1.29 is 18.5 Å². The highest BCUT2D eigenvalue weighted by Crippen LogP contribution is 2.36. The smallest absolute Gasteiger partial charge is 0.294 e. The second-order valence-corrected chi connectivity index (χ2v) is 9.96. The fraction of sp³-hybridized carbons (Fsp3) is 0.357. The number of aromatic amines is 1. The van der Waals surface area contributed by atoms with Crippen molar-refractivity contribution in [3.05, 3.63) is 81.8 Å². The first-order valence-corrected chi connectivity index (χ1v) is 12.5. The first-order valence-electron chi connectivity index (χ1n) is 12.5. The molecule has 1 aliphatic carbocycles. The van der Waals surface area contributed by atoms with E-state index in [2.05, 4.69) is 5.10 Å². The zero-order chi connectivity index (χ0) is 25.6. The van der Waals surface area contributed by atoms with E-state index in [1.165, 1.54) is 33.8 Å². The number of H-pyrrole nitrogens is 1. The molecule has 3 heterocycles. The van der Waals surface area contributed by atoms with Gasteiger partial charge in [-0.2, -0.15) is 4.57 Å². The maximum atomic E-state index is 14.0. The highest BCUT2D eigenvalue weighted by atomic mass is 19.1. The van der Waals surface area contributed by atoms with Crippen molar-refractivity contribution in [1.29, 1.82) is 0 Å². The summed E-state index contributed by atoms with van der Waals surface area (Å²) in [5.74, 6) is -1.36. The molecule has 0 spiro atoms. The van der Waals surface area contributed by atoms with E-state index < -0.39 is 17.3 Å². The molecule has 1 fully saturated rings. The first kappa shape index (κ1) is 23.9. The number of imide groups is 1. The van der Waals surface area contributed by atoms with E-state index in [1.54, 1.807) is 17.0 Å². The van der Waals surface area contributed by atoms with Crippen molar-refractivity contribution in [2.75, 3.05) is 0 Å². The number of rotatable bonds is 5. The van der Waals surface area contributed by atoms with Crippen LogP contribution in [-0.2, 0) is 9.59 Å². The summed E-state index contributed by atoms with van der Waals surface area (Å²) in [6.45, 7) is 5.75. The number of carbonyl (C=O) groups excluding carboxylic acids is 2. The van der Waals surface area contributed by atoms with Gasteiger partial charge < -0.3 is 0 Å². The molecule has 2 amide bonds. The van der Waals surface area contributed by atoms with Gasteiger partial charge in [0.1, 0.15) is 11.4 Å². The molecule has 186 valence electrons. The molecule has 1 aliphatic heterocycles. The van der Waals surface area contributed by atoms with Gasteiger partial charge in [0.15, 0.2) is 12.4 Å². The van der Waals surface area contributed by atoms with Crippen LogP contribution in [0.2, 0.25) is 0 Å². The zero-order valence-electron chi connectivity index (χ0n) is 20.8. The Morgan fingerprint density at radius 2 is 1.69 bits per heavy atom. The van der Waals surface area contributed by atoms with Gasteiger partial charge in [-0.05, 0) is 56.0 Å². The Morgan fingerprint density at radius 1 is 1.00 bits per heavy atom. The number of benzene rings is 1. The predicted molar refractivity (Wildman–Crippen MR) is 134 cm³/mol. The summed E-state index contributed by atoms with van der Waals surface area (Å²) in [4.78, 5) is 43.1. The summed E-state index contributed by atoms with van der Waals surface area (Å²) in [5.41, 5.74) is 1.97. The predicted octanol–water partition coefficient (Wildman–Crippen LogP) is 4.09. The molecule has 5 rings (SSSR count). The van der Waals surface area contributed by atoms with Crippen molar-refractivity contribution >= 4 is 23.1 Å². The highest BCUT2D eigenvalue weighted by Gasteiger charge is 2.50. The lowest BCUT2D eigenvalue weighted by molar-refractivity contribution is -0.577. The average molecular weight is 490 g/mol. The summed E-state index contributed by atoms with van der Waals surface area (Å²) in [6, 6.07) is 9.10. The van der Waals surface area contributed by atoms with Crippen LogP contribution in [-0.4, -0.2) is 32.5 Å². The van der Waals surface area contributed by atoms with Crippen molar-refractivity contribution in [3.8, 4) is 5.69 Å². The van der Waals surface area contributed by atoms with Crippen molar-refractivity contribution in [1.82, 2.24) is 14.7 Å². The van der Waals surface area contributed by atoms with Crippen LogP contribution in [0.25, 0.3) is 17.0 Å². The van der Waals surface area contributed by atoms with Crippen molar-refractivity contribution in [2.45, 2.75) is 64.8 Å². The quantitative estimate of drug-likeness (QED) is 0.433. The van der Waals surface area contributed by atoms with Crippen molar-refractivity contribution in [2.24, 2.45) is 0 Å². The molecular weight excluding hydrogens is 459 g/mol. The lowest BCUT2D eigenvalue weighted by Gasteiger charge is -2.29. The van der Waals surface area contributed by atoms with Gasteiger partial charge in [0.05, 0.1) is 11.3 Å². The summed E-state index contributed by atoms with van der Waals surface area (Å²) in [7, 11) is 0. The van der Waals surface area contributed by atoms with E-state index in [9.17, 15) is 18.8 Å². The molecule has 1 saturated carbocycles.